The minimum atomic E-state index is -0.623. The molecular weight excluding hydrogens is 348 g/mol. The molecule has 7 heteroatoms. The second-order valence-corrected chi connectivity index (χ2v) is 5.78. The highest BCUT2D eigenvalue weighted by atomic mass is 16.5. The normalized spacial score (nSPS) is 10.4. The third-order valence-corrected chi connectivity index (χ3v) is 3.73. The van der Waals surface area contributed by atoms with E-state index in [0.717, 1.165) is 6.07 Å². The fraction of sp³-hybridized carbons (Fsp3) is 0.150. The lowest BCUT2D eigenvalue weighted by molar-refractivity contribution is -0.114. The maximum atomic E-state index is 12.7. The molecule has 0 fully saturated rings. The summed E-state index contributed by atoms with van der Waals surface area (Å²) in [5.41, 5.74) is 1.01. The topological polar surface area (TPSA) is 97.6 Å². The molecule has 1 aromatic heterocycles. The maximum Gasteiger partial charge on any atom is 0.337 e. The van der Waals surface area contributed by atoms with Crippen LogP contribution in [0.2, 0.25) is 0 Å². The summed E-state index contributed by atoms with van der Waals surface area (Å²) in [5, 5.41) is 5.89. The number of fused-ring (bicyclic) bond motifs is 1. The Morgan fingerprint density at radius 1 is 1.00 bits per heavy atom. The molecule has 2 amide bonds. The lowest BCUT2D eigenvalue weighted by atomic mass is 10.1. The van der Waals surface area contributed by atoms with Gasteiger partial charge in [-0.05, 0) is 43.3 Å². The average Bonchev–Trinajstić information content (AvgIpc) is 2.62. The van der Waals surface area contributed by atoms with Gasteiger partial charge in [-0.25, -0.2) is 4.79 Å². The lowest BCUT2D eigenvalue weighted by Gasteiger charge is -2.09. The molecule has 0 bridgehead atoms. The number of nitrogens with one attached hydrogen (secondary N) is 2. The SMILES string of the molecule is CCOc1ccc2c(C(=O)Nc3ccc(NC(C)=O)cc3)cc(=O)oc2c1. The maximum absolute atomic E-state index is 12.7. The van der Waals surface area contributed by atoms with Crippen molar-refractivity contribution >= 4 is 34.2 Å². The van der Waals surface area contributed by atoms with Gasteiger partial charge in [-0.15, -0.1) is 0 Å². The first-order valence-electron chi connectivity index (χ1n) is 8.36. The van der Waals surface area contributed by atoms with E-state index in [1.807, 2.05) is 6.92 Å². The molecule has 3 aromatic rings. The number of ether oxygens (including phenoxy) is 1. The predicted octanol–water partition coefficient (Wildman–Crippen LogP) is 3.40. The third-order valence-electron chi connectivity index (χ3n) is 3.73. The summed E-state index contributed by atoms with van der Waals surface area (Å²) >= 11 is 0. The Balaban J connectivity index is 1.88. The molecule has 0 atom stereocenters. The first-order valence-corrected chi connectivity index (χ1v) is 8.36. The standard InChI is InChI=1S/C20H18N2O5/c1-3-26-15-8-9-16-17(11-19(24)27-18(16)10-15)20(25)22-14-6-4-13(5-7-14)21-12(2)23/h4-11H,3H2,1-2H3,(H,21,23)(H,22,25). The summed E-state index contributed by atoms with van der Waals surface area (Å²) in [6.45, 7) is 3.74. The first-order chi connectivity index (χ1) is 13.0. The van der Waals surface area contributed by atoms with Gasteiger partial charge in [0.25, 0.3) is 5.91 Å². The molecule has 7 nitrogen and oxygen atoms in total. The van der Waals surface area contributed by atoms with Crippen LogP contribution in [0.4, 0.5) is 11.4 Å². The largest absolute Gasteiger partial charge is 0.494 e. The quantitative estimate of drug-likeness (QED) is 0.675. The summed E-state index contributed by atoms with van der Waals surface area (Å²) in [6.07, 6.45) is 0. The number of anilines is 2. The Kier molecular flexibility index (Phi) is 5.21. The van der Waals surface area contributed by atoms with Crippen LogP contribution in [0.5, 0.6) is 5.75 Å². The van der Waals surface area contributed by atoms with Crippen molar-refractivity contribution in [2.75, 3.05) is 17.2 Å². The Labute approximate surface area is 154 Å². The van der Waals surface area contributed by atoms with E-state index in [1.54, 1.807) is 42.5 Å². The minimum absolute atomic E-state index is 0.180. The first kappa shape index (κ1) is 18.2. The molecule has 2 N–H and O–H groups in total. The Hall–Kier alpha value is -3.61. The van der Waals surface area contributed by atoms with Gasteiger partial charge in [-0.1, -0.05) is 0 Å². The highest BCUT2D eigenvalue weighted by Gasteiger charge is 2.14. The van der Waals surface area contributed by atoms with Gasteiger partial charge in [-0.2, -0.15) is 0 Å². The van der Waals surface area contributed by atoms with Crippen molar-refractivity contribution in [2.24, 2.45) is 0 Å². The summed E-state index contributed by atoms with van der Waals surface area (Å²) in [6, 6.07) is 12.8. The molecule has 0 saturated heterocycles. The zero-order chi connectivity index (χ0) is 19.4. The molecular formula is C20H18N2O5. The molecule has 0 aliphatic rings. The van der Waals surface area contributed by atoms with E-state index < -0.39 is 11.5 Å². The lowest BCUT2D eigenvalue weighted by Crippen LogP contribution is -2.15. The van der Waals surface area contributed by atoms with Crippen LogP contribution in [0, 0.1) is 0 Å². The number of carbonyl (C=O) groups excluding carboxylic acids is 2. The van der Waals surface area contributed by atoms with Crippen LogP contribution in [-0.4, -0.2) is 18.4 Å². The van der Waals surface area contributed by atoms with Gasteiger partial charge in [0.15, 0.2) is 0 Å². The van der Waals surface area contributed by atoms with Gasteiger partial charge in [-0.3, -0.25) is 9.59 Å². The van der Waals surface area contributed by atoms with Crippen LogP contribution in [0.25, 0.3) is 11.0 Å². The molecule has 0 aliphatic carbocycles. The summed E-state index contributed by atoms with van der Waals surface area (Å²) in [7, 11) is 0. The van der Waals surface area contributed by atoms with Crippen molar-refractivity contribution in [3.05, 3.63) is 64.5 Å². The third kappa shape index (κ3) is 4.33. The monoisotopic (exact) mass is 366 g/mol. The number of amides is 2. The van der Waals surface area contributed by atoms with Crippen LogP contribution in [-0.2, 0) is 4.79 Å². The van der Waals surface area contributed by atoms with Crippen LogP contribution in [0.1, 0.15) is 24.2 Å². The van der Waals surface area contributed by atoms with E-state index in [0.29, 0.717) is 29.1 Å². The van der Waals surface area contributed by atoms with Crippen LogP contribution in [0.3, 0.4) is 0 Å². The van der Waals surface area contributed by atoms with E-state index in [4.69, 9.17) is 9.15 Å². The molecule has 0 aliphatic heterocycles. The van der Waals surface area contributed by atoms with Gasteiger partial charge in [0.2, 0.25) is 5.91 Å². The minimum Gasteiger partial charge on any atom is -0.494 e. The van der Waals surface area contributed by atoms with Crippen molar-refractivity contribution in [3.8, 4) is 5.75 Å². The number of hydrogen-bond acceptors (Lipinski definition) is 5. The van der Waals surface area contributed by atoms with Crippen molar-refractivity contribution in [3.63, 3.8) is 0 Å². The smallest absolute Gasteiger partial charge is 0.337 e. The fourth-order valence-electron chi connectivity index (χ4n) is 2.63. The number of carbonyl (C=O) groups is 2. The van der Waals surface area contributed by atoms with Crippen LogP contribution < -0.4 is 21.0 Å². The van der Waals surface area contributed by atoms with Crippen molar-refractivity contribution < 1.29 is 18.7 Å². The molecule has 0 radical (unpaired) electrons. The Bertz CT molecular complexity index is 1050. The van der Waals surface area contributed by atoms with Crippen LogP contribution in [0.15, 0.2) is 57.7 Å². The highest BCUT2D eigenvalue weighted by molar-refractivity contribution is 6.12. The second-order valence-electron chi connectivity index (χ2n) is 5.78. The summed E-state index contributed by atoms with van der Waals surface area (Å²) in [5.74, 6) is -0.0655. The van der Waals surface area contributed by atoms with Crippen molar-refractivity contribution in [2.45, 2.75) is 13.8 Å². The molecule has 3 rings (SSSR count). The van der Waals surface area contributed by atoms with E-state index in [1.165, 1.54) is 6.92 Å². The van der Waals surface area contributed by atoms with E-state index >= 15 is 0 Å². The van der Waals surface area contributed by atoms with E-state index in [9.17, 15) is 14.4 Å². The van der Waals surface area contributed by atoms with Gasteiger partial charge in [0.1, 0.15) is 11.3 Å². The molecule has 138 valence electrons. The van der Waals surface area contributed by atoms with Crippen LogP contribution >= 0.6 is 0 Å². The van der Waals surface area contributed by atoms with Crippen molar-refractivity contribution in [1.82, 2.24) is 0 Å². The number of hydrogen-bond donors (Lipinski definition) is 2. The zero-order valence-corrected chi connectivity index (χ0v) is 14.9. The van der Waals surface area contributed by atoms with E-state index in [2.05, 4.69) is 10.6 Å². The van der Waals surface area contributed by atoms with E-state index in [-0.39, 0.29) is 17.1 Å². The van der Waals surface area contributed by atoms with Gasteiger partial charge in [0, 0.05) is 35.8 Å². The zero-order valence-electron chi connectivity index (χ0n) is 14.9. The summed E-state index contributed by atoms with van der Waals surface area (Å²) < 4.78 is 10.6. The Morgan fingerprint density at radius 3 is 2.30 bits per heavy atom. The highest BCUT2D eigenvalue weighted by Crippen LogP contribution is 2.24. The number of benzene rings is 2. The van der Waals surface area contributed by atoms with Gasteiger partial charge >= 0.3 is 5.63 Å². The molecule has 0 unspecified atom stereocenters. The van der Waals surface area contributed by atoms with Gasteiger partial charge in [0.05, 0.1) is 12.2 Å². The molecule has 0 saturated carbocycles. The fourth-order valence-corrected chi connectivity index (χ4v) is 2.63. The molecule has 0 spiro atoms. The predicted molar refractivity (Wildman–Crippen MR) is 102 cm³/mol. The molecule has 1 heterocycles. The van der Waals surface area contributed by atoms with Crippen molar-refractivity contribution in [1.29, 1.82) is 0 Å². The Morgan fingerprint density at radius 2 is 1.67 bits per heavy atom. The van der Waals surface area contributed by atoms with Gasteiger partial charge < -0.3 is 19.8 Å². The summed E-state index contributed by atoms with van der Waals surface area (Å²) in [4.78, 5) is 35.6. The number of rotatable bonds is 5. The average molecular weight is 366 g/mol. The molecule has 27 heavy (non-hydrogen) atoms. The second kappa shape index (κ2) is 7.74. The molecule has 2 aromatic carbocycles.